The molecule has 0 spiro atoms. The van der Waals surface area contributed by atoms with E-state index in [-0.39, 0.29) is 5.91 Å². The monoisotopic (exact) mass is 254 g/mol. The Bertz CT molecular complexity index is 638. The summed E-state index contributed by atoms with van der Waals surface area (Å²) in [4.78, 5) is 12.5. The van der Waals surface area contributed by atoms with Crippen molar-refractivity contribution in [3.05, 3.63) is 65.0 Å². The van der Waals surface area contributed by atoms with E-state index in [0.717, 1.165) is 28.9 Å². The Hall–Kier alpha value is -2.16. The van der Waals surface area contributed by atoms with Gasteiger partial charge in [0.2, 0.25) is 0 Å². The van der Waals surface area contributed by atoms with Gasteiger partial charge < -0.3 is 0 Å². The molecular formula is C16H18N2O. The number of aryl methyl sites for hydroxylation is 2. The van der Waals surface area contributed by atoms with Crippen LogP contribution in [0.15, 0.2) is 36.9 Å². The normalized spacial score (nSPS) is 10.5. The first-order chi connectivity index (χ1) is 9.06. The highest BCUT2D eigenvalue weighted by molar-refractivity contribution is 5.97. The third-order valence-corrected chi connectivity index (χ3v) is 3.36. The highest BCUT2D eigenvalue weighted by Crippen LogP contribution is 2.17. The lowest BCUT2D eigenvalue weighted by Crippen LogP contribution is -2.16. The number of nitrogens with zero attached hydrogens (tertiary/aromatic N) is 2. The smallest absolute Gasteiger partial charge is 0.267 e. The molecule has 0 aliphatic carbocycles. The zero-order valence-electron chi connectivity index (χ0n) is 11.6. The predicted octanol–water partition coefficient (Wildman–Crippen LogP) is 3.23. The van der Waals surface area contributed by atoms with E-state index in [1.165, 1.54) is 4.68 Å². The summed E-state index contributed by atoms with van der Waals surface area (Å²) in [6.45, 7) is 9.53. The van der Waals surface area contributed by atoms with Crippen LogP contribution >= 0.6 is 0 Å². The van der Waals surface area contributed by atoms with E-state index in [1.807, 2.05) is 51.1 Å². The van der Waals surface area contributed by atoms with Gasteiger partial charge in [0.05, 0.1) is 5.69 Å². The summed E-state index contributed by atoms with van der Waals surface area (Å²) in [6, 6.07) is 7.57. The molecule has 2 rings (SSSR count). The highest BCUT2D eigenvalue weighted by atomic mass is 16.2. The molecule has 1 heterocycles. The number of rotatable bonds is 3. The molecule has 3 heteroatoms. The van der Waals surface area contributed by atoms with Crippen molar-refractivity contribution in [2.45, 2.75) is 27.2 Å². The van der Waals surface area contributed by atoms with Crippen LogP contribution < -0.4 is 0 Å². The molecule has 0 radical (unpaired) electrons. The summed E-state index contributed by atoms with van der Waals surface area (Å²) in [7, 11) is 0. The van der Waals surface area contributed by atoms with Crippen LogP contribution in [0.3, 0.4) is 0 Å². The predicted molar refractivity (Wildman–Crippen MR) is 76.5 cm³/mol. The average molecular weight is 254 g/mol. The number of allylic oxidation sites excluding steroid dienone is 1. The zero-order valence-corrected chi connectivity index (χ0v) is 11.6. The molecule has 0 unspecified atom stereocenters. The van der Waals surface area contributed by atoms with Gasteiger partial charge in [0.1, 0.15) is 0 Å². The van der Waals surface area contributed by atoms with Crippen LogP contribution in [0.1, 0.15) is 32.9 Å². The first kappa shape index (κ1) is 13.3. The summed E-state index contributed by atoms with van der Waals surface area (Å²) in [5.74, 6) is -0.0750. The molecule has 0 bridgehead atoms. The van der Waals surface area contributed by atoms with Crippen LogP contribution in [0, 0.1) is 20.8 Å². The summed E-state index contributed by atoms with van der Waals surface area (Å²) in [6.07, 6.45) is 2.57. The summed E-state index contributed by atoms with van der Waals surface area (Å²) < 4.78 is 1.50. The zero-order chi connectivity index (χ0) is 14.0. The maximum absolute atomic E-state index is 12.5. The molecule has 1 aromatic heterocycles. The molecule has 0 atom stereocenters. The molecule has 0 saturated carbocycles. The van der Waals surface area contributed by atoms with E-state index in [9.17, 15) is 4.79 Å². The highest BCUT2D eigenvalue weighted by Gasteiger charge is 2.18. The van der Waals surface area contributed by atoms with Gasteiger partial charge in [-0.2, -0.15) is 5.10 Å². The Balaban J connectivity index is 2.48. The van der Waals surface area contributed by atoms with Crippen molar-refractivity contribution in [2.24, 2.45) is 0 Å². The SMILES string of the molecule is C=CCc1c(C)nn(C(=O)c2ccccc2C)c1C. The summed E-state index contributed by atoms with van der Waals surface area (Å²) >= 11 is 0. The van der Waals surface area contributed by atoms with Gasteiger partial charge in [0, 0.05) is 16.8 Å². The average Bonchev–Trinajstić information content (AvgIpc) is 2.67. The van der Waals surface area contributed by atoms with Crippen LogP contribution in [-0.4, -0.2) is 15.7 Å². The van der Waals surface area contributed by atoms with Gasteiger partial charge in [0.15, 0.2) is 0 Å². The molecule has 0 aliphatic rings. The Morgan fingerprint density at radius 2 is 2.00 bits per heavy atom. The van der Waals surface area contributed by atoms with Crippen LogP contribution in [0.25, 0.3) is 0 Å². The molecule has 0 saturated heterocycles. The minimum Gasteiger partial charge on any atom is -0.267 e. The van der Waals surface area contributed by atoms with Gasteiger partial charge in [-0.15, -0.1) is 6.58 Å². The van der Waals surface area contributed by atoms with Crippen molar-refractivity contribution in [1.29, 1.82) is 0 Å². The van der Waals surface area contributed by atoms with E-state index < -0.39 is 0 Å². The number of hydrogen-bond donors (Lipinski definition) is 0. The Morgan fingerprint density at radius 3 is 2.63 bits per heavy atom. The third kappa shape index (κ3) is 2.36. The van der Waals surface area contributed by atoms with E-state index in [4.69, 9.17) is 0 Å². The van der Waals surface area contributed by atoms with E-state index >= 15 is 0 Å². The standard InChI is InChI=1S/C16H18N2O/c1-5-8-15-12(3)17-18(13(15)4)16(19)14-10-7-6-9-11(14)2/h5-7,9-10H,1,8H2,2-4H3. The molecule has 2 aromatic rings. The molecule has 98 valence electrons. The Morgan fingerprint density at radius 1 is 1.32 bits per heavy atom. The summed E-state index contributed by atoms with van der Waals surface area (Å²) in [5.41, 5.74) is 4.52. The van der Waals surface area contributed by atoms with Crippen molar-refractivity contribution in [2.75, 3.05) is 0 Å². The Kier molecular flexibility index (Phi) is 3.65. The lowest BCUT2D eigenvalue weighted by atomic mass is 10.1. The molecule has 19 heavy (non-hydrogen) atoms. The van der Waals surface area contributed by atoms with Gasteiger partial charge in [-0.25, -0.2) is 4.68 Å². The second-order valence-electron chi connectivity index (χ2n) is 4.67. The number of aromatic nitrogens is 2. The van der Waals surface area contributed by atoms with Crippen molar-refractivity contribution in [3.8, 4) is 0 Å². The Labute approximate surface area is 113 Å². The van der Waals surface area contributed by atoms with Crippen LogP contribution in [0.4, 0.5) is 0 Å². The van der Waals surface area contributed by atoms with Gasteiger partial charge in [-0.3, -0.25) is 4.79 Å². The van der Waals surface area contributed by atoms with Crippen molar-refractivity contribution in [3.63, 3.8) is 0 Å². The van der Waals surface area contributed by atoms with Gasteiger partial charge in [-0.05, 0) is 38.8 Å². The fourth-order valence-electron chi connectivity index (χ4n) is 2.24. The first-order valence-corrected chi connectivity index (χ1v) is 6.32. The van der Waals surface area contributed by atoms with Gasteiger partial charge in [0.25, 0.3) is 5.91 Å². The van der Waals surface area contributed by atoms with Crippen LogP contribution in [0.2, 0.25) is 0 Å². The number of carbonyl (C=O) groups excluding carboxylic acids is 1. The summed E-state index contributed by atoms with van der Waals surface area (Å²) in [5, 5.41) is 4.37. The molecule has 0 fully saturated rings. The number of hydrogen-bond acceptors (Lipinski definition) is 2. The molecule has 0 amide bonds. The maximum Gasteiger partial charge on any atom is 0.278 e. The topological polar surface area (TPSA) is 34.9 Å². The number of benzene rings is 1. The quantitative estimate of drug-likeness (QED) is 0.788. The second-order valence-corrected chi connectivity index (χ2v) is 4.67. The van der Waals surface area contributed by atoms with Gasteiger partial charge >= 0.3 is 0 Å². The lowest BCUT2D eigenvalue weighted by Gasteiger charge is -2.06. The van der Waals surface area contributed by atoms with E-state index in [0.29, 0.717) is 5.56 Å². The van der Waals surface area contributed by atoms with Crippen molar-refractivity contribution >= 4 is 5.91 Å². The maximum atomic E-state index is 12.5. The van der Waals surface area contributed by atoms with Gasteiger partial charge in [-0.1, -0.05) is 24.3 Å². The minimum atomic E-state index is -0.0750. The largest absolute Gasteiger partial charge is 0.278 e. The molecule has 0 aliphatic heterocycles. The minimum absolute atomic E-state index is 0.0750. The second kappa shape index (κ2) is 5.22. The lowest BCUT2D eigenvalue weighted by molar-refractivity contribution is 0.0941. The third-order valence-electron chi connectivity index (χ3n) is 3.36. The van der Waals surface area contributed by atoms with Crippen molar-refractivity contribution in [1.82, 2.24) is 9.78 Å². The van der Waals surface area contributed by atoms with Crippen molar-refractivity contribution < 1.29 is 4.79 Å². The van der Waals surface area contributed by atoms with E-state index in [2.05, 4.69) is 11.7 Å². The molecule has 0 N–H and O–H groups in total. The molecule has 1 aromatic carbocycles. The molecular weight excluding hydrogens is 236 g/mol. The van der Waals surface area contributed by atoms with Crippen LogP contribution in [0.5, 0.6) is 0 Å². The number of carbonyl (C=O) groups is 1. The fourth-order valence-corrected chi connectivity index (χ4v) is 2.24. The first-order valence-electron chi connectivity index (χ1n) is 6.32. The molecule has 3 nitrogen and oxygen atoms in total. The van der Waals surface area contributed by atoms with Crippen LogP contribution in [-0.2, 0) is 6.42 Å². The fraction of sp³-hybridized carbons (Fsp3) is 0.250. The van der Waals surface area contributed by atoms with E-state index in [1.54, 1.807) is 0 Å².